The van der Waals surface area contributed by atoms with Gasteiger partial charge in [0.15, 0.2) is 5.82 Å². The number of H-pyrrole nitrogens is 1. The molecule has 0 spiro atoms. The third-order valence-corrected chi connectivity index (χ3v) is 3.85. The number of nitrogens with one attached hydrogen (secondary N) is 2. The molecule has 1 aromatic rings. The monoisotopic (exact) mass is 288 g/mol. The summed E-state index contributed by atoms with van der Waals surface area (Å²) >= 11 is 0. The lowest BCUT2D eigenvalue weighted by atomic mass is 9.92. The highest BCUT2D eigenvalue weighted by atomic mass is 32.2. The SMILES string of the molecule is CN(CC(=O)Nc1cc(C(C)(C)C)[nH]n1)S(C)(=O)=O. The molecule has 0 saturated heterocycles. The van der Waals surface area contributed by atoms with Gasteiger partial charge in [-0.15, -0.1) is 0 Å². The highest BCUT2D eigenvalue weighted by Crippen LogP contribution is 2.21. The molecule has 1 aromatic heterocycles. The van der Waals surface area contributed by atoms with Gasteiger partial charge in [-0.25, -0.2) is 8.42 Å². The van der Waals surface area contributed by atoms with Crippen LogP contribution in [0.15, 0.2) is 6.07 Å². The van der Waals surface area contributed by atoms with Crippen molar-refractivity contribution in [3.05, 3.63) is 11.8 Å². The summed E-state index contributed by atoms with van der Waals surface area (Å²) < 4.78 is 23.3. The topological polar surface area (TPSA) is 95.2 Å². The molecule has 1 heterocycles. The molecule has 19 heavy (non-hydrogen) atoms. The van der Waals surface area contributed by atoms with E-state index in [0.29, 0.717) is 5.82 Å². The maximum atomic E-state index is 11.7. The van der Waals surface area contributed by atoms with E-state index in [1.54, 1.807) is 6.07 Å². The normalized spacial score (nSPS) is 12.7. The third kappa shape index (κ3) is 4.64. The molecular weight excluding hydrogens is 268 g/mol. The molecule has 0 aliphatic carbocycles. The molecule has 7 nitrogen and oxygen atoms in total. The van der Waals surface area contributed by atoms with E-state index in [9.17, 15) is 13.2 Å². The fourth-order valence-electron chi connectivity index (χ4n) is 1.27. The summed E-state index contributed by atoms with van der Waals surface area (Å²) in [6.45, 7) is 5.81. The number of hydrogen-bond donors (Lipinski definition) is 2. The lowest BCUT2D eigenvalue weighted by Gasteiger charge is -2.14. The van der Waals surface area contributed by atoms with Crippen LogP contribution in [0.1, 0.15) is 26.5 Å². The second-order valence-electron chi connectivity index (χ2n) is 5.48. The summed E-state index contributed by atoms with van der Waals surface area (Å²) in [6.07, 6.45) is 1.05. The fraction of sp³-hybridized carbons (Fsp3) is 0.636. The molecule has 0 atom stereocenters. The maximum Gasteiger partial charge on any atom is 0.240 e. The van der Waals surface area contributed by atoms with Gasteiger partial charge in [-0.2, -0.15) is 9.40 Å². The first kappa shape index (κ1) is 15.6. The van der Waals surface area contributed by atoms with Crippen molar-refractivity contribution in [2.75, 3.05) is 25.2 Å². The molecule has 0 radical (unpaired) electrons. The Hall–Kier alpha value is -1.41. The summed E-state index contributed by atoms with van der Waals surface area (Å²) in [5.41, 5.74) is 0.791. The zero-order valence-corrected chi connectivity index (χ0v) is 12.6. The molecule has 0 saturated carbocycles. The van der Waals surface area contributed by atoms with Gasteiger partial charge in [0, 0.05) is 24.2 Å². The van der Waals surface area contributed by atoms with E-state index in [2.05, 4.69) is 15.5 Å². The van der Waals surface area contributed by atoms with Crippen molar-refractivity contribution in [3.8, 4) is 0 Å². The van der Waals surface area contributed by atoms with Gasteiger partial charge in [-0.1, -0.05) is 20.8 Å². The molecule has 2 N–H and O–H groups in total. The van der Waals surface area contributed by atoms with Crippen LogP contribution >= 0.6 is 0 Å². The van der Waals surface area contributed by atoms with Crippen LogP contribution in [0.5, 0.6) is 0 Å². The molecule has 0 fully saturated rings. The third-order valence-electron chi connectivity index (χ3n) is 2.59. The van der Waals surface area contributed by atoms with Gasteiger partial charge < -0.3 is 5.32 Å². The predicted octanol–water partition coefficient (Wildman–Crippen LogP) is 0.537. The summed E-state index contributed by atoms with van der Waals surface area (Å²) in [4.78, 5) is 11.7. The van der Waals surface area contributed by atoms with Gasteiger partial charge in [-0.3, -0.25) is 9.89 Å². The number of rotatable bonds is 4. The predicted molar refractivity (Wildman–Crippen MR) is 73.4 cm³/mol. The quantitative estimate of drug-likeness (QED) is 0.845. The van der Waals surface area contributed by atoms with Crippen LogP contribution < -0.4 is 5.32 Å². The number of carbonyl (C=O) groups is 1. The lowest BCUT2D eigenvalue weighted by Crippen LogP contribution is -2.34. The van der Waals surface area contributed by atoms with Crippen LogP contribution in [-0.2, 0) is 20.2 Å². The Morgan fingerprint density at radius 2 is 2.05 bits per heavy atom. The largest absolute Gasteiger partial charge is 0.308 e. The summed E-state index contributed by atoms with van der Waals surface area (Å²) in [6, 6.07) is 1.73. The zero-order valence-electron chi connectivity index (χ0n) is 11.8. The van der Waals surface area contributed by atoms with Crippen molar-refractivity contribution in [3.63, 3.8) is 0 Å². The summed E-state index contributed by atoms with van der Waals surface area (Å²) in [5, 5.41) is 9.36. The van der Waals surface area contributed by atoms with E-state index in [1.165, 1.54) is 7.05 Å². The van der Waals surface area contributed by atoms with Crippen molar-refractivity contribution in [2.24, 2.45) is 0 Å². The van der Waals surface area contributed by atoms with Gasteiger partial charge in [0.2, 0.25) is 15.9 Å². The van der Waals surface area contributed by atoms with Crippen molar-refractivity contribution in [1.29, 1.82) is 0 Å². The average molecular weight is 288 g/mol. The van der Waals surface area contributed by atoms with Gasteiger partial charge in [0.1, 0.15) is 0 Å². The van der Waals surface area contributed by atoms with Crippen molar-refractivity contribution in [1.82, 2.24) is 14.5 Å². The molecule has 1 rings (SSSR count). The van der Waals surface area contributed by atoms with E-state index in [1.807, 2.05) is 20.8 Å². The second-order valence-corrected chi connectivity index (χ2v) is 7.57. The molecule has 108 valence electrons. The molecule has 0 aliphatic rings. The van der Waals surface area contributed by atoms with Crippen molar-refractivity contribution < 1.29 is 13.2 Å². The Bertz CT molecular complexity index is 557. The molecule has 8 heteroatoms. The minimum atomic E-state index is -3.36. The van der Waals surface area contributed by atoms with Crippen molar-refractivity contribution in [2.45, 2.75) is 26.2 Å². The summed E-state index contributed by atoms with van der Waals surface area (Å²) in [5.74, 6) is -0.0447. The molecule has 0 bridgehead atoms. The minimum absolute atomic E-state index is 0.0977. The van der Waals surface area contributed by atoms with Crippen LogP contribution in [0.25, 0.3) is 0 Å². The number of carbonyl (C=O) groups excluding carboxylic acids is 1. The second kappa shape index (κ2) is 5.30. The first-order valence-electron chi connectivity index (χ1n) is 5.77. The van der Waals surface area contributed by atoms with Crippen LogP contribution in [0.3, 0.4) is 0 Å². The van der Waals surface area contributed by atoms with Gasteiger partial charge >= 0.3 is 0 Å². The van der Waals surface area contributed by atoms with Crippen LogP contribution in [-0.4, -0.2) is 48.7 Å². The number of amides is 1. The Morgan fingerprint density at radius 3 is 2.47 bits per heavy atom. The van der Waals surface area contributed by atoms with Crippen molar-refractivity contribution >= 4 is 21.7 Å². The van der Waals surface area contributed by atoms with E-state index in [0.717, 1.165) is 16.3 Å². The van der Waals surface area contributed by atoms with Gasteiger partial charge in [0.05, 0.1) is 12.8 Å². The highest BCUT2D eigenvalue weighted by molar-refractivity contribution is 7.88. The highest BCUT2D eigenvalue weighted by Gasteiger charge is 2.19. The van der Waals surface area contributed by atoms with Crippen LogP contribution in [0, 0.1) is 0 Å². The Morgan fingerprint density at radius 1 is 1.47 bits per heavy atom. The fourth-order valence-corrected chi connectivity index (χ4v) is 1.62. The standard InChI is InChI=1S/C11H20N4O3S/c1-11(2,3)8-6-9(14-13-8)12-10(16)7-15(4)19(5,17)18/h6H,7H2,1-5H3,(H2,12,13,14,16). The number of nitrogens with zero attached hydrogens (tertiary/aromatic N) is 2. The number of aromatic amines is 1. The number of anilines is 1. The van der Waals surface area contributed by atoms with E-state index in [4.69, 9.17) is 0 Å². The van der Waals surface area contributed by atoms with Crippen LogP contribution in [0.4, 0.5) is 5.82 Å². The van der Waals surface area contributed by atoms with Crippen LogP contribution in [0.2, 0.25) is 0 Å². The number of likely N-dealkylation sites (N-methyl/N-ethyl adjacent to an activating group) is 1. The molecule has 1 amide bonds. The van der Waals surface area contributed by atoms with E-state index >= 15 is 0 Å². The smallest absolute Gasteiger partial charge is 0.240 e. The van der Waals surface area contributed by atoms with E-state index in [-0.39, 0.29) is 12.0 Å². The Balaban J connectivity index is 2.66. The Kier molecular flexibility index (Phi) is 4.36. The molecule has 0 aliphatic heterocycles. The first-order chi connectivity index (χ1) is 8.50. The Labute approximate surface area is 113 Å². The van der Waals surface area contributed by atoms with Gasteiger partial charge in [-0.05, 0) is 0 Å². The number of hydrogen-bond acceptors (Lipinski definition) is 4. The average Bonchev–Trinajstić information content (AvgIpc) is 2.63. The lowest BCUT2D eigenvalue weighted by molar-refractivity contribution is -0.116. The molecule has 0 aromatic carbocycles. The zero-order chi connectivity index (χ0) is 14.8. The number of sulfonamides is 1. The minimum Gasteiger partial charge on any atom is -0.308 e. The summed E-state index contributed by atoms with van der Waals surface area (Å²) in [7, 11) is -2.02. The van der Waals surface area contributed by atoms with Gasteiger partial charge in [0.25, 0.3) is 0 Å². The molecule has 0 unspecified atom stereocenters. The maximum absolute atomic E-state index is 11.7. The molecular formula is C11H20N4O3S. The first-order valence-corrected chi connectivity index (χ1v) is 7.62. The number of aromatic nitrogens is 2. The van der Waals surface area contributed by atoms with E-state index < -0.39 is 15.9 Å².